The molecule has 1 aliphatic carbocycles. The highest BCUT2D eigenvalue weighted by atomic mass is 16.1. The minimum absolute atomic E-state index is 0.0913. The number of benzene rings is 1. The van der Waals surface area contributed by atoms with Gasteiger partial charge in [-0.3, -0.25) is 4.79 Å². The summed E-state index contributed by atoms with van der Waals surface area (Å²) in [7, 11) is 0. The summed E-state index contributed by atoms with van der Waals surface area (Å²) in [5.74, 6) is 0.477. The van der Waals surface area contributed by atoms with E-state index >= 15 is 0 Å². The highest BCUT2D eigenvalue weighted by Crippen LogP contribution is 2.49. The number of carbonyl (C=O) groups excluding carboxylic acids is 1. The number of Topliss-reactive ketones (excluding diaryl/α,β-unsaturated/α-hetero) is 1. The van der Waals surface area contributed by atoms with Gasteiger partial charge >= 0.3 is 0 Å². The Labute approximate surface area is 111 Å². The topological polar surface area (TPSA) is 17.1 Å². The first-order chi connectivity index (χ1) is 8.79. The molecule has 0 amide bonds. The van der Waals surface area contributed by atoms with Gasteiger partial charge in [0.05, 0.1) is 5.41 Å². The Morgan fingerprint density at radius 3 is 2.33 bits per heavy atom. The predicted octanol–water partition coefficient (Wildman–Crippen LogP) is 4.65. The number of hydrogen-bond acceptors (Lipinski definition) is 1. The van der Waals surface area contributed by atoms with Crippen molar-refractivity contribution in [3.63, 3.8) is 0 Å². The lowest BCUT2D eigenvalue weighted by Gasteiger charge is -2.14. The van der Waals surface area contributed by atoms with Gasteiger partial charge in [0.25, 0.3) is 0 Å². The molecule has 0 aliphatic heterocycles. The van der Waals surface area contributed by atoms with Gasteiger partial charge in [-0.05, 0) is 24.8 Å². The summed E-state index contributed by atoms with van der Waals surface area (Å²) in [6, 6.07) is 10.3. The third-order valence-electron chi connectivity index (χ3n) is 4.12. The Hall–Kier alpha value is -1.11. The molecule has 1 aromatic rings. The molecule has 1 aliphatic rings. The molecule has 1 heteroatoms. The lowest BCUT2D eigenvalue weighted by atomic mass is 9.88. The van der Waals surface area contributed by atoms with Gasteiger partial charge in [0.15, 0.2) is 0 Å². The largest absolute Gasteiger partial charge is 0.299 e. The SMILES string of the molecule is CCCCCCCC(=O)C1(c2ccccc2)CC1. The fraction of sp³-hybridized carbons (Fsp3) is 0.588. The quantitative estimate of drug-likeness (QED) is 0.608. The van der Waals surface area contributed by atoms with Crippen LogP contribution in [-0.2, 0) is 10.2 Å². The third kappa shape index (κ3) is 3.01. The Morgan fingerprint density at radius 2 is 1.72 bits per heavy atom. The van der Waals surface area contributed by atoms with Crippen molar-refractivity contribution in [3.05, 3.63) is 35.9 Å². The summed E-state index contributed by atoms with van der Waals surface area (Å²) in [4.78, 5) is 12.4. The Morgan fingerprint density at radius 1 is 1.06 bits per heavy atom. The molecule has 0 atom stereocenters. The lowest BCUT2D eigenvalue weighted by Crippen LogP contribution is -2.20. The molecule has 0 spiro atoms. The molecule has 18 heavy (non-hydrogen) atoms. The van der Waals surface area contributed by atoms with Crippen molar-refractivity contribution in [1.29, 1.82) is 0 Å². The average molecular weight is 244 g/mol. The molecular weight excluding hydrogens is 220 g/mol. The van der Waals surface area contributed by atoms with Gasteiger partial charge in [-0.25, -0.2) is 0 Å². The molecule has 1 aromatic carbocycles. The van der Waals surface area contributed by atoms with Crippen LogP contribution in [-0.4, -0.2) is 5.78 Å². The van der Waals surface area contributed by atoms with Crippen LogP contribution in [0.4, 0.5) is 0 Å². The highest BCUT2D eigenvalue weighted by molar-refractivity contribution is 5.93. The predicted molar refractivity (Wildman–Crippen MR) is 75.7 cm³/mol. The maximum Gasteiger partial charge on any atom is 0.143 e. The van der Waals surface area contributed by atoms with E-state index in [1.807, 2.05) is 18.2 Å². The average Bonchev–Trinajstić information content (AvgIpc) is 3.21. The van der Waals surface area contributed by atoms with Gasteiger partial charge in [0.2, 0.25) is 0 Å². The molecular formula is C17H24O. The zero-order valence-corrected chi connectivity index (χ0v) is 11.5. The molecule has 0 saturated heterocycles. The van der Waals surface area contributed by atoms with Crippen LogP contribution >= 0.6 is 0 Å². The van der Waals surface area contributed by atoms with Crippen LogP contribution < -0.4 is 0 Å². The van der Waals surface area contributed by atoms with Crippen LogP contribution in [0.25, 0.3) is 0 Å². The monoisotopic (exact) mass is 244 g/mol. The molecule has 2 rings (SSSR count). The fourth-order valence-corrected chi connectivity index (χ4v) is 2.74. The highest BCUT2D eigenvalue weighted by Gasteiger charge is 2.49. The summed E-state index contributed by atoms with van der Waals surface area (Å²) >= 11 is 0. The normalized spacial score (nSPS) is 16.5. The first kappa shape index (κ1) is 13.3. The van der Waals surface area contributed by atoms with Gasteiger partial charge in [0.1, 0.15) is 5.78 Å². The van der Waals surface area contributed by atoms with E-state index in [-0.39, 0.29) is 5.41 Å². The van der Waals surface area contributed by atoms with Crippen LogP contribution in [0.5, 0.6) is 0 Å². The molecule has 0 N–H and O–H groups in total. The van der Waals surface area contributed by atoms with Crippen LogP contribution in [0.15, 0.2) is 30.3 Å². The van der Waals surface area contributed by atoms with Crippen molar-refractivity contribution >= 4 is 5.78 Å². The molecule has 1 nitrogen and oxygen atoms in total. The third-order valence-corrected chi connectivity index (χ3v) is 4.12. The van der Waals surface area contributed by atoms with Gasteiger partial charge in [-0.15, -0.1) is 0 Å². The molecule has 1 fully saturated rings. The second kappa shape index (κ2) is 6.17. The molecule has 0 aromatic heterocycles. The van der Waals surface area contributed by atoms with E-state index < -0.39 is 0 Å². The molecule has 0 heterocycles. The fourth-order valence-electron chi connectivity index (χ4n) is 2.74. The van der Waals surface area contributed by atoms with Crippen LogP contribution in [0.3, 0.4) is 0 Å². The zero-order chi connectivity index (χ0) is 12.8. The van der Waals surface area contributed by atoms with Gasteiger partial charge in [-0.2, -0.15) is 0 Å². The second-order valence-corrected chi connectivity index (χ2v) is 5.54. The maximum absolute atomic E-state index is 12.4. The summed E-state index contributed by atoms with van der Waals surface area (Å²) in [6.45, 7) is 2.22. The van der Waals surface area contributed by atoms with Crippen molar-refractivity contribution in [3.8, 4) is 0 Å². The maximum atomic E-state index is 12.4. The summed E-state index contributed by atoms with van der Waals surface area (Å²) < 4.78 is 0. The summed E-state index contributed by atoms with van der Waals surface area (Å²) in [5.41, 5.74) is 1.15. The van der Waals surface area contributed by atoms with Crippen molar-refractivity contribution in [2.75, 3.05) is 0 Å². The number of hydrogen-bond donors (Lipinski definition) is 0. The number of unbranched alkanes of at least 4 members (excludes halogenated alkanes) is 4. The van der Waals surface area contributed by atoms with E-state index in [0.29, 0.717) is 5.78 Å². The van der Waals surface area contributed by atoms with E-state index in [1.54, 1.807) is 0 Å². The Bertz CT molecular complexity index is 376. The first-order valence-electron chi connectivity index (χ1n) is 7.38. The van der Waals surface area contributed by atoms with Crippen molar-refractivity contribution in [2.24, 2.45) is 0 Å². The first-order valence-corrected chi connectivity index (χ1v) is 7.38. The van der Waals surface area contributed by atoms with Crippen LogP contribution in [0.1, 0.15) is 63.9 Å². The minimum atomic E-state index is -0.0913. The van der Waals surface area contributed by atoms with E-state index in [9.17, 15) is 4.79 Å². The van der Waals surface area contributed by atoms with Crippen LogP contribution in [0, 0.1) is 0 Å². The second-order valence-electron chi connectivity index (χ2n) is 5.54. The van der Waals surface area contributed by atoms with E-state index in [0.717, 1.165) is 25.7 Å². The zero-order valence-electron chi connectivity index (χ0n) is 11.5. The minimum Gasteiger partial charge on any atom is -0.299 e. The van der Waals surface area contributed by atoms with Crippen molar-refractivity contribution < 1.29 is 4.79 Å². The van der Waals surface area contributed by atoms with E-state index in [2.05, 4.69) is 19.1 Å². The lowest BCUT2D eigenvalue weighted by molar-refractivity contribution is -0.121. The van der Waals surface area contributed by atoms with Gasteiger partial charge < -0.3 is 0 Å². The number of rotatable bonds is 8. The summed E-state index contributed by atoms with van der Waals surface area (Å²) in [5, 5.41) is 0. The number of carbonyl (C=O) groups is 1. The van der Waals surface area contributed by atoms with Crippen LogP contribution in [0.2, 0.25) is 0 Å². The van der Waals surface area contributed by atoms with E-state index in [1.165, 1.54) is 31.2 Å². The standard InChI is InChI=1S/C17H24O/c1-2-3-4-5-9-12-16(18)17(13-14-17)15-10-7-6-8-11-15/h6-8,10-11H,2-5,9,12-14H2,1H3. The molecule has 1 saturated carbocycles. The Kier molecular flexibility index (Phi) is 4.57. The smallest absolute Gasteiger partial charge is 0.143 e. The number of ketones is 1. The molecule has 0 unspecified atom stereocenters. The molecule has 0 radical (unpaired) electrons. The van der Waals surface area contributed by atoms with E-state index in [4.69, 9.17) is 0 Å². The summed E-state index contributed by atoms with van der Waals surface area (Å²) in [6.07, 6.45) is 9.04. The molecule has 0 bridgehead atoms. The van der Waals surface area contributed by atoms with Crippen molar-refractivity contribution in [1.82, 2.24) is 0 Å². The van der Waals surface area contributed by atoms with Gasteiger partial charge in [-0.1, -0.05) is 62.9 Å². The molecule has 98 valence electrons. The van der Waals surface area contributed by atoms with Crippen molar-refractivity contribution in [2.45, 2.75) is 63.7 Å². The Balaban J connectivity index is 1.82. The van der Waals surface area contributed by atoms with Gasteiger partial charge in [0, 0.05) is 6.42 Å².